The monoisotopic (exact) mass is 264 g/mol. The van der Waals surface area contributed by atoms with Crippen LogP contribution < -0.4 is 5.73 Å². The Labute approximate surface area is 117 Å². The summed E-state index contributed by atoms with van der Waals surface area (Å²) in [5, 5.41) is 8.48. The molecule has 1 aromatic heterocycles. The number of benzene rings is 2. The van der Waals surface area contributed by atoms with Gasteiger partial charge in [0.2, 0.25) is 0 Å². The predicted octanol–water partition coefficient (Wildman–Crippen LogP) is 3.13. The summed E-state index contributed by atoms with van der Waals surface area (Å²) in [6.07, 6.45) is 0. The molecule has 1 heterocycles. The molecule has 0 amide bonds. The smallest absolute Gasteiger partial charge is 0.168 e. The van der Waals surface area contributed by atoms with Gasteiger partial charge in [-0.2, -0.15) is 0 Å². The van der Waals surface area contributed by atoms with Crippen molar-refractivity contribution >= 4 is 5.69 Å². The summed E-state index contributed by atoms with van der Waals surface area (Å²) in [7, 11) is 0. The van der Waals surface area contributed by atoms with E-state index in [9.17, 15) is 0 Å². The Morgan fingerprint density at radius 2 is 1.70 bits per heavy atom. The standard InChI is InChI=1S/C16H16N4/c1-11-8-9-13(10-15(11)17)16-19-18-12(2)20(16)14-6-4-3-5-7-14/h3-10H,17H2,1-2H3. The number of hydrogen-bond donors (Lipinski definition) is 1. The van der Waals surface area contributed by atoms with Gasteiger partial charge >= 0.3 is 0 Å². The second kappa shape index (κ2) is 4.81. The quantitative estimate of drug-likeness (QED) is 0.723. The molecule has 0 atom stereocenters. The van der Waals surface area contributed by atoms with Crippen molar-refractivity contribution in [2.24, 2.45) is 0 Å². The zero-order valence-electron chi connectivity index (χ0n) is 11.5. The molecule has 0 saturated carbocycles. The number of anilines is 1. The molecule has 2 N–H and O–H groups in total. The van der Waals surface area contributed by atoms with Crippen molar-refractivity contribution in [1.82, 2.24) is 14.8 Å². The van der Waals surface area contributed by atoms with Gasteiger partial charge in [-0.3, -0.25) is 4.57 Å². The van der Waals surface area contributed by atoms with Crippen molar-refractivity contribution in [3.8, 4) is 17.1 Å². The highest BCUT2D eigenvalue weighted by Gasteiger charge is 2.13. The maximum Gasteiger partial charge on any atom is 0.168 e. The molecule has 0 aliphatic carbocycles. The number of aromatic nitrogens is 3. The van der Waals surface area contributed by atoms with Crippen LogP contribution in [0.5, 0.6) is 0 Å². The van der Waals surface area contributed by atoms with Gasteiger partial charge in [-0.25, -0.2) is 0 Å². The van der Waals surface area contributed by atoms with Gasteiger partial charge in [-0.1, -0.05) is 30.3 Å². The van der Waals surface area contributed by atoms with Crippen LogP contribution >= 0.6 is 0 Å². The van der Waals surface area contributed by atoms with Gasteiger partial charge in [-0.15, -0.1) is 10.2 Å². The van der Waals surface area contributed by atoms with Gasteiger partial charge in [0, 0.05) is 16.9 Å². The van der Waals surface area contributed by atoms with Gasteiger partial charge in [0.1, 0.15) is 5.82 Å². The summed E-state index contributed by atoms with van der Waals surface area (Å²) in [5.41, 5.74) is 9.84. The zero-order chi connectivity index (χ0) is 14.1. The van der Waals surface area contributed by atoms with Gasteiger partial charge in [-0.05, 0) is 37.6 Å². The molecule has 0 radical (unpaired) electrons. The molecule has 2 aromatic carbocycles. The lowest BCUT2D eigenvalue weighted by Crippen LogP contribution is -2.00. The van der Waals surface area contributed by atoms with Gasteiger partial charge < -0.3 is 5.73 Å². The third-order valence-electron chi connectivity index (χ3n) is 3.38. The van der Waals surface area contributed by atoms with Crippen LogP contribution in [0.1, 0.15) is 11.4 Å². The van der Waals surface area contributed by atoms with Crippen LogP contribution in [0.4, 0.5) is 5.69 Å². The van der Waals surface area contributed by atoms with Crippen molar-refractivity contribution in [3.05, 3.63) is 59.9 Å². The van der Waals surface area contributed by atoms with Crippen molar-refractivity contribution in [3.63, 3.8) is 0 Å². The van der Waals surface area contributed by atoms with Crippen molar-refractivity contribution in [2.45, 2.75) is 13.8 Å². The van der Waals surface area contributed by atoms with Crippen LogP contribution in [0.2, 0.25) is 0 Å². The van der Waals surface area contributed by atoms with E-state index >= 15 is 0 Å². The van der Waals surface area contributed by atoms with Crippen molar-refractivity contribution in [2.75, 3.05) is 5.73 Å². The van der Waals surface area contributed by atoms with Gasteiger partial charge in [0.15, 0.2) is 5.82 Å². The number of para-hydroxylation sites is 1. The molecule has 0 unspecified atom stereocenters. The fraction of sp³-hybridized carbons (Fsp3) is 0.125. The molecule has 3 aromatic rings. The molecule has 0 fully saturated rings. The minimum Gasteiger partial charge on any atom is -0.398 e. The summed E-state index contributed by atoms with van der Waals surface area (Å²) in [4.78, 5) is 0. The molecule has 0 bridgehead atoms. The van der Waals surface area contributed by atoms with Gasteiger partial charge in [0.25, 0.3) is 0 Å². The molecule has 20 heavy (non-hydrogen) atoms. The second-order valence-corrected chi connectivity index (χ2v) is 4.81. The second-order valence-electron chi connectivity index (χ2n) is 4.81. The lowest BCUT2D eigenvalue weighted by molar-refractivity contribution is 0.972. The fourth-order valence-electron chi connectivity index (χ4n) is 2.22. The summed E-state index contributed by atoms with van der Waals surface area (Å²) in [6, 6.07) is 16.0. The molecular weight excluding hydrogens is 248 g/mol. The summed E-state index contributed by atoms with van der Waals surface area (Å²) >= 11 is 0. The first-order chi connectivity index (χ1) is 9.66. The first-order valence-corrected chi connectivity index (χ1v) is 6.51. The maximum atomic E-state index is 6.00. The van der Waals surface area contributed by atoms with Crippen LogP contribution in [-0.2, 0) is 0 Å². The molecule has 3 rings (SSSR count). The predicted molar refractivity (Wildman–Crippen MR) is 80.7 cm³/mol. The van der Waals surface area contributed by atoms with Crippen molar-refractivity contribution in [1.29, 1.82) is 0 Å². The minimum absolute atomic E-state index is 0.766. The van der Waals surface area contributed by atoms with Crippen LogP contribution in [0, 0.1) is 13.8 Å². The summed E-state index contributed by atoms with van der Waals surface area (Å²) < 4.78 is 2.03. The van der Waals surface area contributed by atoms with E-state index in [0.717, 1.165) is 34.2 Å². The lowest BCUT2D eigenvalue weighted by Gasteiger charge is -2.09. The summed E-state index contributed by atoms with van der Waals surface area (Å²) in [6.45, 7) is 3.94. The number of aryl methyl sites for hydroxylation is 2. The van der Waals surface area contributed by atoms with E-state index < -0.39 is 0 Å². The number of nitrogens with zero attached hydrogens (tertiary/aromatic N) is 3. The van der Waals surface area contributed by atoms with E-state index in [1.165, 1.54) is 0 Å². The first-order valence-electron chi connectivity index (χ1n) is 6.51. The molecule has 0 aliphatic rings. The Balaban J connectivity index is 2.18. The van der Waals surface area contributed by atoms with Crippen LogP contribution in [0.25, 0.3) is 17.1 Å². The first kappa shape index (κ1) is 12.4. The minimum atomic E-state index is 0.766. The normalized spacial score (nSPS) is 10.7. The van der Waals surface area contributed by atoms with E-state index in [1.54, 1.807) is 0 Å². The Morgan fingerprint density at radius 3 is 2.40 bits per heavy atom. The molecule has 0 saturated heterocycles. The third kappa shape index (κ3) is 2.05. The number of nitrogen functional groups attached to an aromatic ring is 1. The number of hydrogen-bond acceptors (Lipinski definition) is 3. The van der Waals surface area contributed by atoms with Crippen molar-refractivity contribution < 1.29 is 0 Å². The highest BCUT2D eigenvalue weighted by atomic mass is 15.3. The Hall–Kier alpha value is -2.62. The lowest BCUT2D eigenvalue weighted by atomic mass is 10.1. The molecule has 0 aliphatic heterocycles. The molecule has 4 heteroatoms. The zero-order valence-corrected chi connectivity index (χ0v) is 11.5. The largest absolute Gasteiger partial charge is 0.398 e. The van der Waals surface area contributed by atoms with E-state index in [-0.39, 0.29) is 0 Å². The Kier molecular flexibility index (Phi) is 2.99. The molecule has 0 spiro atoms. The SMILES string of the molecule is Cc1ccc(-c2nnc(C)n2-c2ccccc2)cc1N. The molecule has 100 valence electrons. The maximum absolute atomic E-state index is 6.00. The molecular formula is C16H16N4. The Bertz CT molecular complexity index is 744. The van der Waals surface area contributed by atoms with E-state index in [1.807, 2.05) is 66.9 Å². The van der Waals surface area contributed by atoms with E-state index in [4.69, 9.17) is 5.73 Å². The van der Waals surface area contributed by atoms with Crippen LogP contribution in [0.3, 0.4) is 0 Å². The number of nitrogens with two attached hydrogens (primary N) is 1. The highest BCUT2D eigenvalue weighted by Crippen LogP contribution is 2.25. The van der Waals surface area contributed by atoms with Crippen LogP contribution in [0.15, 0.2) is 48.5 Å². The van der Waals surface area contributed by atoms with E-state index in [2.05, 4.69) is 10.2 Å². The fourth-order valence-corrected chi connectivity index (χ4v) is 2.22. The topological polar surface area (TPSA) is 56.7 Å². The molecule has 4 nitrogen and oxygen atoms in total. The average molecular weight is 264 g/mol. The average Bonchev–Trinajstić information content (AvgIpc) is 2.85. The van der Waals surface area contributed by atoms with Crippen LogP contribution in [-0.4, -0.2) is 14.8 Å². The summed E-state index contributed by atoms with van der Waals surface area (Å²) in [5.74, 6) is 1.66. The number of rotatable bonds is 2. The third-order valence-corrected chi connectivity index (χ3v) is 3.38. The Morgan fingerprint density at radius 1 is 0.950 bits per heavy atom. The van der Waals surface area contributed by atoms with E-state index in [0.29, 0.717) is 0 Å². The highest BCUT2D eigenvalue weighted by molar-refractivity contribution is 5.65. The van der Waals surface area contributed by atoms with Gasteiger partial charge in [0.05, 0.1) is 0 Å².